The number of benzene rings is 2. The number of aliphatic hydroxyl groups is 1. The fourth-order valence-corrected chi connectivity index (χ4v) is 4.33. The Morgan fingerprint density at radius 1 is 1.09 bits per heavy atom. The largest absolute Gasteiger partial charge is 0.466 e. The molecule has 1 aliphatic rings. The fraction of sp³-hybridized carbons (Fsp3) is 0.360. The SMILES string of the molecule is CCOC(=O)C1=C(Nc2ccccc2)C[C@@](C)(O)[C@@H](C(=O)OCC)[C@H]1c1ccc([N+](=O)[O-])cc1. The average molecular weight is 469 g/mol. The average Bonchev–Trinajstić information content (AvgIpc) is 2.79. The van der Waals surface area contributed by atoms with Crippen molar-refractivity contribution in [2.45, 2.75) is 38.7 Å². The number of rotatable bonds is 8. The molecule has 0 spiro atoms. The summed E-state index contributed by atoms with van der Waals surface area (Å²) in [6.45, 7) is 5.04. The third-order valence-electron chi connectivity index (χ3n) is 5.74. The highest BCUT2D eigenvalue weighted by molar-refractivity contribution is 5.94. The minimum absolute atomic E-state index is 0.0387. The number of nitrogens with zero attached hydrogens (tertiary/aromatic N) is 1. The number of nitro groups is 1. The van der Waals surface area contributed by atoms with Crippen molar-refractivity contribution in [3.63, 3.8) is 0 Å². The van der Waals surface area contributed by atoms with Gasteiger partial charge < -0.3 is 19.9 Å². The molecule has 0 fully saturated rings. The molecule has 0 aromatic heterocycles. The maximum absolute atomic E-state index is 13.2. The molecule has 2 aromatic rings. The number of nitro benzene ring substituents is 1. The molecular weight excluding hydrogens is 440 g/mol. The smallest absolute Gasteiger partial charge is 0.336 e. The second-order valence-corrected chi connectivity index (χ2v) is 8.19. The first-order valence-corrected chi connectivity index (χ1v) is 11.0. The quantitative estimate of drug-likeness (QED) is 0.339. The van der Waals surface area contributed by atoms with E-state index in [1.807, 2.05) is 30.3 Å². The zero-order valence-corrected chi connectivity index (χ0v) is 19.3. The van der Waals surface area contributed by atoms with E-state index in [0.29, 0.717) is 16.9 Å². The lowest BCUT2D eigenvalue weighted by molar-refractivity contribution is -0.384. The van der Waals surface area contributed by atoms with Crippen molar-refractivity contribution in [1.29, 1.82) is 0 Å². The zero-order chi connectivity index (χ0) is 24.9. The molecule has 9 heteroatoms. The fourth-order valence-electron chi connectivity index (χ4n) is 4.33. The summed E-state index contributed by atoms with van der Waals surface area (Å²) >= 11 is 0. The number of carbonyl (C=O) groups is 2. The summed E-state index contributed by atoms with van der Waals surface area (Å²) in [5.41, 5.74) is -0.0246. The van der Waals surface area contributed by atoms with Gasteiger partial charge in [0, 0.05) is 35.9 Å². The number of carbonyl (C=O) groups excluding carboxylic acids is 2. The molecule has 1 aliphatic carbocycles. The number of esters is 2. The summed E-state index contributed by atoms with van der Waals surface area (Å²) in [4.78, 5) is 36.9. The van der Waals surface area contributed by atoms with Gasteiger partial charge in [-0.3, -0.25) is 14.9 Å². The van der Waals surface area contributed by atoms with Gasteiger partial charge in [-0.1, -0.05) is 30.3 Å². The minimum atomic E-state index is -1.59. The zero-order valence-electron chi connectivity index (χ0n) is 19.3. The van der Waals surface area contributed by atoms with Gasteiger partial charge in [0.1, 0.15) is 0 Å². The van der Waals surface area contributed by atoms with Crippen LogP contribution in [0, 0.1) is 16.0 Å². The molecule has 0 unspecified atom stereocenters. The van der Waals surface area contributed by atoms with Crippen molar-refractivity contribution in [3.8, 4) is 0 Å². The van der Waals surface area contributed by atoms with Gasteiger partial charge in [-0.15, -0.1) is 0 Å². The molecule has 3 atom stereocenters. The van der Waals surface area contributed by atoms with Crippen LogP contribution in [0.2, 0.25) is 0 Å². The Labute approximate surface area is 197 Å². The standard InChI is InChI=1S/C25H28N2O7/c1-4-33-23(28)21-19(26-17-9-7-6-8-10-17)15-25(3,30)22(24(29)34-5-2)20(21)16-11-13-18(14-12-16)27(31)32/h6-14,20,22,26,30H,4-5,15H2,1-3H3/t20-,22+,25+/m0/s1. The van der Waals surface area contributed by atoms with Gasteiger partial charge in [-0.25, -0.2) is 4.79 Å². The Hall–Kier alpha value is -3.72. The molecule has 9 nitrogen and oxygen atoms in total. The molecule has 180 valence electrons. The Morgan fingerprint density at radius 2 is 1.71 bits per heavy atom. The van der Waals surface area contributed by atoms with E-state index in [4.69, 9.17) is 9.47 Å². The van der Waals surface area contributed by atoms with E-state index in [9.17, 15) is 24.8 Å². The van der Waals surface area contributed by atoms with Crippen LogP contribution in [0.15, 0.2) is 65.9 Å². The van der Waals surface area contributed by atoms with Crippen LogP contribution in [0.25, 0.3) is 0 Å². The lowest BCUT2D eigenvalue weighted by atomic mass is 9.65. The van der Waals surface area contributed by atoms with E-state index in [1.54, 1.807) is 13.8 Å². The van der Waals surface area contributed by atoms with E-state index in [-0.39, 0.29) is 30.9 Å². The van der Waals surface area contributed by atoms with Crippen molar-refractivity contribution >= 4 is 23.3 Å². The van der Waals surface area contributed by atoms with Gasteiger partial charge in [-0.05, 0) is 38.5 Å². The van der Waals surface area contributed by atoms with E-state index in [0.717, 1.165) is 0 Å². The summed E-state index contributed by atoms with van der Waals surface area (Å²) in [5.74, 6) is -3.42. The first kappa shape index (κ1) is 24.9. The van der Waals surface area contributed by atoms with Crippen LogP contribution in [0.1, 0.15) is 38.7 Å². The van der Waals surface area contributed by atoms with Crippen molar-refractivity contribution in [2.24, 2.45) is 5.92 Å². The molecule has 0 heterocycles. The van der Waals surface area contributed by atoms with E-state index >= 15 is 0 Å². The Kier molecular flexibility index (Phi) is 7.68. The lowest BCUT2D eigenvalue weighted by Crippen LogP contribution is -2.49. The highest BCUT2D eigenvalue weighted by atomic mass is 16.6. The number of para-hydroxylation sites is 1. The molecule has 0 aliphatic heterocycles. The van der Waals surface area contributed by atoms with Crippen LogP contribution in [-0.4, -0.2) is 40.8 Å². The number of hydrogen-bond acceptors (Lipinski definition) is 8. The third kappa shape index (κ3) is 5.26. The first-order valence-electron chi connectivity index (χ1n) is 11.0. The third-order valence-corrected chi connectivity index (χ3v) is 5.74. The topological polar surface area (TPSA) is 128 Å². The Balaban J connectivity index is 2.24. The highest BCUT2D eigenvalue weighted by Gasteiger charge is 2.52. The second-order valence-electron chi connectivity index (χ2n) is 8.19. The van der Waals surface area contributed by atoms with Gasteiger partial charge in [0.2, 0.25) is 0 Å². The number of hydrogen-bond donors (Lipinski definition) is 2. The molecule has 0 amide bonds. The Bertz CT molecular complexity index is 1080. The number of non-ortho nitro benzene ring substituents is 1. The van der Waals surface area contributed by atoms with E-state index in [1.165, 1.54) is 31.2 Å². The van der Waals surface area contributed by atoms with Crippen LogP contribution in [-0.2, 0) is 19.1 Å². The molecular formula is C25H28N2O7. The van der Waals surface area contributed by atoms with Gasteiger partial charge in [0.15, 0.2) is 0 Å². The molecule has 2 N–H and O–H groups in total. The molecule has 2 aromatic carbocycles. The number of anilines is 1. The van der Waals surface area contributed by atoms with Crippen LogP contribution in [0.3, 0.4) is 0 Å². The maximum Gasteiger partial charge on any atom is 0.336 e. The van der Waals surface area contributed by atoms with E-state index in [2.05, 4.69) is 5.32 Å². The number of nitrogens with one attached hydrogen (secondary N) is 1. The van der Waals surface area contributed by atoms with Crippen molar-refractivity contribution in [3.05, 3.63) is 81.5 Å². The molecule has 0 saturated heterocycles. The van der Waals surface area contributed by atoms with Gasteiger partial charge >= 0.3 is 11.9 Å². The van der Waals surface area contributed by atoms with Crippen LogP contribution in [0.5, 0.6) is 0 Å². The van der Waals surface area contributed by atoms with Crippen LogP contribution >= 0.6 is 0 Å². The summed E-state index contributed by atoms with van der Waals surface area (Å²) < 4.78 is 10.6. The van der Waals surface area contributed by atoms with Crippen molar-refractivity contribution < 1.29 is 29.1 Å². The molecule has 3 rings (SSSR count). The van der Waals surface area contributed by atoms with Crippen LogP contribution < -0.4 is 5.32 Å². The van der Waals surface area contributed by atoms with Crippen LogP contribution in [0.4, 0.5) is 11.4 Å². The van der Waals surface area contributed by atoms with Gasteiger partial charge in [-0.2, -0.15) is 0 Å². The van der Waals surface area contributed by atoms with Gasteiger partial charge in [0.05, 0.1) is 35.2 Å². The summed E-state index contributed by atoms with van der Waals surface area (Å²) in [6, 6.07) is 14.7. The molecule has 0 bridgehead atoms. The molecule has 0 saturated carbocycles. The number of ether oxygens (including phenoxy) is 2. The van der Waals surface area contributed by atoms with Crippen molar-refractivity contribution in [1.82, 2.24) is 0 Å². The first-order chi connectivity index (χ1) is 16.2. The summed E-state index contributed by atoms with van der Waals surface area (Å²) in [6.07, 6.45) is -0.0387. The van der Waals surface area contributed by atoms with Gasteiger partial charge in [0.25, 0.3) is 5.69 Å². The normalized spacial score (nSPS) is 22.1. The van der Waals surface area contributed by atoms with E-state index < -0.39 is 34.3 Å². The minimum Gasteiger partial charge on any atom is -0.466 e. The van der Waals surface area contributed by atoms with Crippen molar-refractivity contribution in [2.75, 3.05) is 18.5 Å². The highest BCUT2D eigenvalue weighted by Crippen LogP contribution is 2.48. The monoisotopic (exact) mass is 468 g/mol. The predicted molar refractivity (Wildman–Crippen MR) is 125 cm³/mol. The second kappa shape index (κ2) is 10.5. The predicted octanol–water partition coefficient (Wildman–Crippen LogP) is 3.94. The lowest BCUT2D eigenvalue weighted by Gasteiger charge is -2.43. The molecule has 34 heavy (non-hydrogen) atoms. The summed E-state index contributed by atoms with van der Waals surface area (Å²) in [5, 5.41) is 25.8. The Morgan fingerprint density at radius 3 is 2.26 bits per heavy atom. The molecule has 0 radical (unpaired) electrons. The summed E-state index contributed by atoms with van der Waals surface area (Å²) in [7, 11) is 0. The maximum atomic E-state index is 13.2.